The third kappa shape index (κ3) is 11.1. The minimum absolute atomic E-state index is 0.150. The molecule has 6 atom stereocenters. The van der Waals surface area contributed by atoms with Crippen LogP contribution < -0.4 is 5.32 Å². The smallest absolute Gasteiger partial charge is 0.409 e. The van der Waals surface area contributed by atoms with Gasteiger partial charge in [0.05, 0.1) is 0 Å². The molecular weight excluding hydrogens is 596 g/mol. The highest BCUT2D eigenvalue weighted by atomic mass is 16.7. The quantitative estimate of drug-likeness (QED) is 0.0847. The Morgan fingerprint density at radius 3 is 1.91 bits per heavy atom. The van der Waals surface area contributed by atoms with Crippen molar-refractivity contribution >= 4 is 30.0 Å². The second kappa shape index (κ2) is 17.2. The fraction of sp³-hybridized carbons (Fsp3) is 0.414. The van der Waals surface area contributed by atoms with Crippen molar-refractivity contribution in [1.82, 2.24) is 5.32 Å². The van der Waals surface area contributed by atoms with E-state index in [2.05, 4.69) is 15.3 Å². The molecule has 2 aromatic rings. The van der Waals surface area contributed by atoms with Crippen LogP contribution in [-0.2, 0) is 65.5 Å². The SMILES string of the molecule is CC(=O)OC[C@H]1O[C@H](O[C@@H](NC(=O)OCc2ccccc2)C(=O)OCc2ccccc2)[C@H](N=[N+]=[N-])[C@@H](OC(C)=O)[C@H]1OC(C)=O. The first-order chi connectivity index (χ1) is 21.6. The summed E-state index contributed by atoms with van der Waals surface area (Å²) < 4.78 is 37.9. The predicted octanol–water partition coefficient (Wildman–Crippen LogP) is 2.83. The van der Waals surface area contributed by atoms with Crippen LogP contribution in [0.4, 0.5) is 4.79 Å². The summed E-state index contributed by atoms with van der Waals surface area (Å²) in [6, 6.07) is 15.8. The van der Waals surface area contributed by atoms with Crippen LogP contribution >= 0.6 is 0 Å². The van der Waals surface area contributed by atoms with Gasteiger partial charge in [0.1, 0.15) is 32.0 Å². The number of carbonyl (C=O) groups is 5. The largest absolute Gasteiger partial charge is 0.463 e. The molecule has 240 valence electrons. The second-order valence-corrected chi connectivity index (χ2v) is 9.50. The molecule has 0 unspecified atom stereocenters. The zero-order valence-electron chi connectivity index (χ0n) is 24.6. The minimum atomic E-state index is -1.92. The average molecular weight is 629 g/mol. The van der Waals surface area contributed by atoms with Gasteiger partial charge in [-0.05, 0) is 16.7 Å². The van der Waals surface area contributed by atoms with Crippen molar-refractivity contribution in [2.45, 2.75) is 70.9 Å². The van der Waals surface area contributed by atoms with Crippen molar-refractivity contribution in [3.05, 3.63) is 82.2 Å². The third-order valence-electron chi connectivity index (χ3n) is 6.02. The molecule has 3 rings (SSSR count). The molecule has 1 aliphatic heterocycles. The molecular formula is C29H32N4O12. The van der Waals surface area contributed by atoms with Crippen LogP contribution in [0, 0.1) is 0 Å². The Morgan fingerprint density at radius 2 is 1.38 bits per heavy atom. The van der Waals surface area contributed by atoms with Crippen LogP contribution in [-0.4, -0.2) is 73.4 Å². The molecule has 1 heterocycles. The zero-order valence-corrected chi connectivity index (χ0v) is 24.6. The lowest BCUT2D eigenvalue weighted by atomic mass is 9.96. The molecule has 2 aromatic carbocycles. The molecule has 0 saturated carbocycles. The number of hydrogen-bond donors (Lipinski definition) is 1. The van der Waals surface area contributed by atoms with Gasteiger partial charge in [0.25, 0.3) is 0 Å². The van der Waals surface area contributed by atoms with Crippen molar-refractivity contribution < 1.29 is 57.1 Å². The maximum absolute atomic E-state index is 13.2. The highest BCUT2D eigenvalue weighted by Crippen LogP contribution is 2.30. The molecule has 0 aliphatic carbocycles. The number of azide groups is 1. The molecule has 0 aromatic heterocycles. The molecule has 0 spiro atoms. The highest BCUT2D eigenvalue weighted by molar-refractivity contribution is 5.80. The van der Waals surface area contributed by atoms with Gasteiger partial charge in [-0.2, -0.15) is 0 Å². The van der Waals surface area contributed by atoms with E-state index < -0.39 is 73.4 Å². The summed E-state index contributed by atoms with van der Waals surface area (Å²) in [5, 5.41) is 5.85. The van der Waals surface area contributed by atoms with Gasteiger partial charge in [0.2, 0.25) is 6.23 Å². The number of alkyl carbamates (subject to hydrolysis) is 1. The van der Waals surface area contributed by atoms with E-state index >= 15 is 0 Å². The lowest BCUT2D eigenvalue weighted by Crippen LogP contribution is -2.62. The van der Waals surface area contributed by atoms with Gasteiger partial charge in [-0.3, -0.25) is 19.7 Å². The van der Waals surface area contributed by atoms with Crippen LogP contribution in [0.3, 0.4) is 0 Å². The number of rotatable bonds is 13. The summed E-state index contributed by atoms with van der Waals surface area (Å²) in [5.74, 6) is -3.49. The standard InChI is InChI=1S/C29H32N4O12/c1-17(34)39-16-22-24(42-18(2)35)25(43-19(3)36)23(32-33-30)28(44-22)45-26(27(37)40-14-20-10-6-4-7-11-20)31-29(38)41-15-21-12-8-5-9-13-21/h4-13,22-26,28H,14-16H2,1-3H3,(H,31,38)/t22-,23-,24+,25-,26-,28-/m1/s1. The van der Waals surface area contributed by atoms with E-state index in [9.17, 15) is 29.5 Å². The Balaban J connectivity index is 1.91. The summed E-state index contributed by atoms with van der Waals surface area (Å²) in [4.78, 5) is 64.3. The van der Waals surface area contributed by atoms with Crippen LogP contribution in [0.5, 0.6) is 0 Å². The summed E-state index contributed by atoms with van der Waals surface area (Å²) >= 11 is 0. The van der Waals surface area contributed by atoms with Crippen LogP contribution in [0.1, 0.15) is 31.9 Å². The molecule has 1 amide bonds. The van der Waals surface area contributed by atoms with Crippen molar-refractivity contribution in [2.24, 2.45) is 5.11 Å². The summed E-state index contributed by atoms with van der Waals surface area (Å²) in [6.07, 6.45) is -9.07. The van der Waals surface area contributed by atoms with E-state index in [1.54, 1.807) is 60.7 Å². The molecule has 0 radical (unpaired) electrons. The average Bonchev–Trinajstić information content (AvgIpc) is 3.01. The molecule has 1 aliphatic rings. The molecule has 16 nitrogen and oxygen atoms in total. The Hall–Kier alpha value is -5.18. The first-order valence-electron chi connectivity index (χ1n) is 13.6. The molecule has 16 heteroatoms. The Morgan fingerprint density at radius 1 is 0.822 bits per heavy atom. The van der Waals surface area contributed by atoms with Gasteiger partial charge in [-0.15, -0.1) is 0 Å². The van der Waals surface area contributed by atoms with Gasteiger partial charge >= 0.3 is 30.0 Å². The van der Waals surface area contributed by atoms with E-state index in [1.807, 2.05) is 0 Å². The number of carbonyl (C=O) groups excluding carboxylic acids is 5. The van der Waals surface area contributed by atoms with Gasteiger partial charge in [0.15, 0.2) is 18.5 Å². The van der Waals surface area contributed by atoms with Crippen LogP contribution in [0.25, 0.3) is 10.4 Å². The van der Waals surface area contributed by atoms with E-state index in [4.69, 9.17) is 33.2 Å². The molecule has 45 heavy (non-hydrogen) atoms. The second-order valence-electron chi connectivity index (χ2n) is 9.50. The van der Waals surface area contributed by atoms with Crippen molar-refractivity contribution in [3.63, 3.8) is 0 Å². The van der Waals surface area contributed by atoms with E-state index in [0.717, 1.165) is 20.8 Å². The van der Waals surface area contributed by atoms with Crippen molar-refractivity contribution in [2.75, 3.05) is 6.61 Å². The van der Waals surface area contributed by atoms with Gasteiger partial charge in [-0.25, -0.2) is 9.59 Å². The number of benzene rings is 2. The lowest BCUT2D eigenvalue weighted by molar-refractivity contribution is -0.285. The summed E-state index contributed by atoms with van der Waals surface area (Å²) in [7, 11) is 0. The highest BCUT2D eigenvalue weighted by Gasteiger charge is 2.52. The fourth-order valence-corrected chi connectivity index (χ4v) is 4.14. The maximum atomic E-state index is 13.2. The van der Waals surface area contributed by atoms with Crippen LogP contribution in [0.15, 0.2) is 65.8 Å². The monoisotopic (exact) mass is 628 g/mol. The number of amides is 1. The molecule has 1 N–H and O–H groups in total. The minimum Gasteiger partial charge on any atom is -0.463 e. The van der Waals surface area contributed by atoms with Gasteiger partial charge in [0, 0.05) is 25.7 Å². The topological polar surface area (TPSA) is 211 Å². The van der Waals surface area contributed by atoms with Crippen LogP contribution in [0.2, 0.25) is 0 Å². The van der Waals surface area contributed by atoms with E-state index in [-0.39, 0.29) is 13.2 Å². The normalized spacial score (nSPS) is 21.2. The van der Waals surface area contributed by atoms with Crippen molar-refractivity contribution in [3.8, 4) is 0 Å². The first-order valence-corrected chi connectivity index (χ1v) is 13.6. The fourth-order valence-electron chi connectivity index (χ4n) is 4.14. The Kier molecular flexibility index (Phi) is 13.1. The van der Waals surface area contributed by atoms with Gasteiger partial charge in [-0.1, -0.05) is 65.8 Å². The summed E-state index contributed by atoms with van der Waals surface area (Å²) in [6.45, 7) is 2.37. The van der Waals surface area contributed by atoms with Crippen molar-refractivity contribution in [1.29, 1.82) is 0 Å². The lowest BCUT2D eigenvalue weighted by Gasteiger charge is -2.43. The number of nitrogens with zero attached hydrogens (tertiary/aromatic N) is 3. The number of ether oxygens (including phenoxy) is 7. The number of nitrogens with one attached hydrogen (secondary N) is 1. The third-order valence-corrected chi connectivity index (χ3v) is 6.02. The first kappa shape index (κ1) is 34.3. The predicted molar refractivity (Wildman–Crippen MR) is 150 cm³/mol. The van der Waals surface area contributed by atoms with Gasteiger partial charge < -0.3 is 33.2 Å². The van der Waals surface area contributed by atoms with E-state index in [1.165, 1.54) is 0 Å². The Labute approximate surface area is 257 Å². The van der Waals surface area contributed by atoms with E-state index in [0.29, 0.717) is 11.1 Å². The number of hydrogen-bond acceptors (Lipinski definition) is 13. The Bertz CT molecular complexity index is 1370. The number of esters is 4. The maximum Gasteiger partial charge on any atom is 0.409 e. The molecule has 1 saturated heterocycles. The molecule has 0 bridgehead atoms. The summed E-state index contributed by atoms with van der Waals surface area (Å²) in [5.41, 5.74) is 10.6. The zero-order chi connectivity index (χ0) is 32.8. The molecule has 1 fully saturated rings.